The monoisotopic (exact) mass is 187 g/mol. The van der Waals surface area contributed by atoms with Gasteiger partial charge in [0, 0.05) is 13.0 Å². The summed E-state index contributed by atoms with van der Waals surface area (Å²) in [6.45, 7) is 2.73. The Hall–Kier alpha value is -1.00. The number of halogens is 2. The second-order valence-corrected chi connectivity index (χ2v) is 3.52. The molecule has 0 N–H and O–H groups in total. The lowest BCUT2D eigenvalue weighted by molar-refractivity contribution is 0.133. The fraction of sp³-hybridized carbons (Fsp3) is 0.750. The SMILES string of the molecule is CC1CCn2c(nnc2C(F)F)C1. The predicted octanol–water partition coefficient (Wildman–Crippen LogP) is 1.80. The first-order valence-corrected chi connectivity index (χ1v) is 4.38. The summed E-state index contributed by atoms with van der Waals surface area (Å²) in [5.74, 6) is 1.05. The van der Waals surface area contributed by atoms with Gasteiger partial charge in [-0.15, -0.1) is 10.2 Å². The van der Waals surface area contributed by atoms with Crippen LogP contribution in [-0.2, 0) is 13.0 Å². The third kappa shape index (κ3) is 1.43. The summed E-state index contributed by atoms with van der Waals surface area (Å²) >= 11 is 0. The largest absolute Gasteiger partial charge is 0.310 e. The van der Waals surface area contributed by atoms with Crippen molar-refractivity contribution in [1.82, 2.24) is 14.8 Å². The van der Waals surface area contributed by atoms with Crippen LogP contribution in [0.4, 0.5) is 8.78 Å². The molecule has 0 bridgehead atoms. The molecule has 1 aliphatic heterocycles. The average molecular weight is 187 g/mol. The van der Waals surface area contributed by atoms with Crippen molar-refractivity contribution in [3.63, 3.8) is 0 Å². The van der Waals surface area contributed by atoms with Crippen LogP contribution in [0.25, 0.3) is 0 Å². The number of rotatable bonds is 1. The number of nitrogens with zero attached hydrogens (tertiary/aromatic N) is 3. The van der Waals surface area contributed by atoms with Crippen LogP contribution in [0.15, 0.2) is 0 Å². The highest BCUT2D eigenvalue weighted by molar-refractivity contribution is 5.00. The molecule has 0 saturated carbocycles. The van der Waals surface area contributed by atoms with Crippen molar-refractivity contribution < 1.29 is 8.78 Å². The Morgan fingerprint density at radius 3 is 2.92 bits per heavy atom. The first kappa shape index (κ1) is 8.59. The molecule has 0 saturated heterocycles. The zero-order valence-corrected chi connectivity index (χ0v) is 7.37. The molecule has 0 amide bonds. The normalized spacial score (nSPS) is 22.0. The van der Waals surface area contributed by atoms with Gasteiger partial charge in [0.05, 0.1) is 0 Å². The quantitative estimate of drug-likeness (QED) is 0.671. The highest BCUT2D eigenvalue weighted by atomic mass is 19.3. The van der Waals surface area contributed by atoms with E-state index in [2.05, 4.69) is 17.1 Å². The predicted molar refractivity (Wildman–Crippen MR) is 42.5 cm³/mol. The lowest BCUT2D eigenvalue weighted by Gasteiger charge is -2.19. The molecule has 0 fully saturated rings. The van der Waals surface area contributed by atoms with Gasteiger partial charge in [0.15, 0.2) is 5.82 Å². The first-order chi connectivity index (χ1) is 6.18. The van der Waals surface area contributed by atoms with E-state index in [1.165, 1.54) is 0 Å². The molecule has 2 rings (SSSR count). The highest BCUT2D eigenvalue weighted by Crippen LogP contribution is 2.24. The van der Waals surface area contributed by atoms with Crippen molar-refractivity contribution in [3.8, 4) is 0 Å². The summed E-state index contributed by atoms with van der Waals surface area (Å²) in [5.41, 5.74) is 0. The van der Waals surface area contributed by atoms with Crippen molar-refractivity contribution in [2.75, 3.05) is 0 Å². The zero-order valence-electron chi connectivity index (χ0n) is 7.37. The summed E-state index contributed by atoms with van der Waals surface area (Å²) < 4.78 is 26.3. The molecule has 0 radical (unpaired) electrons. The molecule has 0 aliphatic carbocycles. The smallest absolute Gasteiger partial charge is 0.297 e. The van der Waals surface area contributed by atoms with E-state index in [0.717, 1.165) is 12.8 Å². The van der Waals surface area contributed by atoms with E-state index < -0.39 is 6.43 Å². The lowest BCUT2D eigenvalue weighted by atomic mass is 10.0. The van der Waals surface area contributed by atoms with Crippen molar-refractivity contribution in [1.29, 1.82) is 0 Å². The Morgan fingerprint density at radius 2 is 2.23 bits per heavy atom. The van der Waals surface area contributed by atoms with Crippen LogP contribution in [0, 0.1) is 5.92 Å². The molecule has 72 valence electrons. The van der Waals surface area contributed by atoms with Gasteiger partial charge in [-0.3, -0.25) is 0 Å². The minimum Gasteiger partial charge on any atom is -0.310 e. The molecule has 0 aromatic carbocycles. The number of hydrogen-bond donors (Lipinski definition) is 0. The molecule has 1 unspecified atom stereocenters. The van der Waals surface area contributed by atoms with E-state index in [1.54, 1.807) is 4.57 Å². The Balaban J connectivity index is 2.33. The van der Waals surface area contributed by atoms with Gasteiger partial charge in [-0.25, -0.2) is 8.78 Å². The zero-order chi connectivity index (χ0) is 9.42. The number of alkyl halides is 2. The van der Waals surface area contributed by atoms with Gasteiger partial charge in [0.25, 0.3) is 6.43 Å². The molecule has 1 aliphatic rings. The Labute approximate surface area is 74.8 Å². The van der Waals surface area contributed by atoms with Crippen LogP contribution in [0.1, 0.15) is 31.4 Å². The molecular weight excluding hydrogens is 176 g/mol. The summed E-state index contributed by atoms with van der Waals surface area (Å²) in [5, 5.41) is 7.26. The third-order valence-electron chi connectivity index (χ3n) is 2.43. The summed E-state index contributed by atoms with van der Waals surface area (Å²) in [7, 11) is 0. The fourth-order valence-corrected chi connectivity index (χ4v) is 1.67. The van der Waals surface area contributed by atoms with E-state index in [0.29, 0.717) is 18.3 Å². The maximum atomic E-state index is 12.4. The second kappa shape index (κ2) is 3.05. The van der Waals surface area contributed by atoms with E-state index in [4.69, 9.17) is 0 Å². The number of hydrogen-bond acceptors (Lipinski definition) is 2. The van der Waals surface area contributed by atoms with Gasteiger partial charge in [0.2, 0.25) is 0 Å². The molecule has 5 heteroatoms. The van der Waals surface area contributed by atoms with E-state index in [9.17, 15) is 8.78 Å². The molecule has 0 spiro atoms. The maximum Gasteiger partial charge on any atom is 0.297 e. The van der Waals surface area contributed by atoms with E-state index >= 15 is 0 Å². The molecule has 2 heterocycles. The topological polar surface area (TPSA) is 30.7 Å². The van der Waals surface area contributed by atoms with Gasteiger partial charge in [0.1, 0.15) is 5.82 Å². The molecular formula is C8H11F2N3. The van der Waals surface area contributed by atoms with Crippen LogP contribution in [0.2, 0.25) is 0 Å². The Bertz CT molecular complexity index is 308. The van der Waals surface area contributed by atoms with Crippen LogP contribution in [0.5, 0.6) is 0 Å². The second-order valence-electron chi connectivity index (χ2n) is 3.52. The number of fused-ring (bicyclic) bond motifs is 1. The minimum atomic E-state index is -2.50. The summed E-state index contributed by atoms with van der Waals surface area (Å²) in [6.07, 6.45) is -0.806. The Morgan fingerprint density at radius 1 is 1.46 bits per heavy atom. The molecule has 1 aromatic heterocycles. The van der Waals surface area contributed by atoms with Gasteiger partial charge < -0.3 is 4.57 Å². The molecule has 13 heavy (non-hydrogen) atoms. The van der Waals surface area contributed by atoms with Crippen molar-refractivity contribution >= 4 is 0 Å². The minimum absolute atomic E-state index is 0.179. The summed E-state index contributed by atoms with van der Waals surface area (Å²) in [6, 6.07) is 0. The fourth-order valence-electron chi connectivity index (χ4n) is 1.67. The number of aromatic nitrogens is 3. The molecule has 1 aromatic rings. The van der Waals surface area contributed by atoms with Crippen molar-refractivity contribution in [2.24, 2.45) is 5.92 Å². The first-order valence-electron chi connectivity index (χ1n) is 4.38. The van der Waals surface area contributed by atoms with Crippen molar-refractivity contribution in [3.05, 3.63) is 11.6 Å². The van der Waals surface area contributed by atoms with Crippen molar-refractivity contribution in [2.45, 2.75) is 32.7 Å². The average Bonchev–Trinajstić information content (AvgIpc) is 2.46. The van der Waals surface area contributed by atoms with Gasteiger partial charge >= 0.3 is 0 Å². The van der Waals surface area contributed by atoms with Crippen LogP contribution >= 0.6 is 0 Å². The molecule has 1 atom stereocenters. The standard InChI is InChI=1S/C8H11F2N3/c1-5-2-3-13-6(4-5)11-12-8(13)7(9)10/h5,7H,2-4H2,1H3. The van der Waals surface area contributed by atoms with Gasteiger partial charge in [-0.05, 0) is 12.3 Å². The Kier molecular flexibility index (Phi) is 2.01. The van der Waals surface area contributed by atoms with Gasteiger partial charge in [-0.1, -0.05) is 6.92 Å². The molecule has 3 nitrogen and oxygen atoms in total. The maximum absolute atomic E-state index is 12.4. The third-order valence-corrected chi connectivity index (χ3v) is 2.43. The van der Waals surface area contributed by atoms with Crippen LogP contribution in [0.3, 0.4) is 0 Å². The van der Waals surface area contributed by atoms with Crippen LogP contribution in [-0.4, -0.2) is 14.8 Å². The van der Waals surface area contributed by atoms with E-state index in [-0.39, 0.29) is 5.82 Å². The lowest BCUT2D eigenvalue weighted by Crippen LogP contribution is -2.19. The van der Waals surface area contributed by atoms with E-state index in [1.807, 2.05) is 0 Å². The van der Waals surface area contributed by atoms with Gasteiger partial charge in [-0.2, -0.15) is 0 Å². The van der Waals surface area contributed by atoms with Crippen LogP contribution < -0.4 is 0 Å². The highest BCUT2D eigenvalue weighted by Gasteiger charge is 2.24. The summed E-state index contributed by atoms with van der Waals surface area (Å²) in [4.78, 5) is 0.